The van der Waals surface area contributed by atoms with Crippen LogP contribution in [0, 0.1) is 0 Å². The number of nitrogens with one attached hydrogen (secondary N) is 1. The van der Waals surface area contributed by atoms with Gasteiger partial charge in [-0.3, -0.25) is 9.59 Å². The second-order valence-electron chi connectivity index (χ2n) is 8.99. The third-order valence-electron chi connectivity index (χ3n) is 6.14. The molecule has 36 heavy (non-hydrogen) atoms. The molecular formula is C27H33N3O5S. The Hall–Kier alpha value is -3.01. The summed E-state index contributed by atoms with van der Waals surface area (Å²) in [6.07, 6.45) is 1.97. The highest BCUT2D eigenvalue weighted by atomic mass is 32.1. The van der Waals surface area contributed by atoms with Crippen LogP contribution < -0.4 is 14.8 Å². The van der Waals surface area contributed by atoms with Crippen LogP contribution >= 0.6 is 11.3 Å². The minimum Gasteiger partial charge on any atom is -0.490 e. The first kappa shape index (κ1) is 26.1. The molecule has 3 heterocycles. The monoisotopic (exact) mass is 511 g/mol. The van der Waals surface area contributed by atoms with Gasteiger partial charge in [-0.05, 0) is 56.8 Å². The number of methoxy groups -OCH3 is 1. The summed E-state index contributed by atoms with van der Waals surface area (Å²) in [5, 5.41) is 5.96. The van der Waals surface area contributed by atoms with Gasteiger partial charge in [0.15, 0.2) is 6.61 Å². The lowest BCUT2D eigenvalue weighted by Gasteiger charge is -2.37. The number of hydrogen-bond acceptors (Lipinski definition) is 8. The standard InChI is InChI=1S/C27H33N3O5S/c1-18(2)30(19-7-5-11-28-16-19)27(32)21-15-24(34-13-12-33-3)20-8-4-9-23(26(20)29-21)35-17-22(31)25-10-6-14-36-25/h4,6,8-10,14-15,18-19,28H,5,7,11-13,16-17H2,1-3H3/t19-/m1/s1. The SMILES string of the molecule is COCCOc1cc(C(=O)N(C(C)C)[C@@H]2CCCNC2)nc2c(OCC(=O)c3cccs3)cccc12. The van der Waals surface area contributed by atoms with Crippen molar-refractivity contribution in [2.45, 2.75) is 38.8 Å². The van der Waals surface area contributed by atoms with Crippen LogP contribution in [-0.2, 0) is 4.74 Å². The van der Waals surface area contributed by atoms with Crippen LogP contribution in [0.4, 0.5) is 0 Å². The number of carbonyl (C=O) groups is 2. The van der Waals surface area contributed by atoms with Gasteiger partial charge in [-0.15, -0.1) is 11.3 Å². The quantitative estimate of drug-likeness (QED) is 0.305. The van der Waals surface area contributed by atoms with Gasteiger partial charge in [0.05, 0.1) is 11.5 Å². The molecule has 192 valence electrons. The number of nitrogens with zero attached hydrogens (tertiary/aromatic N) is 2. The fourth-order valence-corrected chi connectivity index (χ4v) is 5.10. The maximum Gasteiger partial charge on any atom is 0.273 e. The van der Waals surface area contributed by atoms with Gasteiger partial charge in [-0.1, -0.05) is 12.1 Å². The van der Waals surface area contributed by atoms with Gasteiger partial charge in [-0.25, -0.2) is 4.98 Å². The molecule has 1 atom stereocenters. The number of pyridine rings is 1. The molecule has 0 unspecified atom stereocenters. The number of fused-ring (bicyclic) bond motifs is 1. The fraction of sp³-hybridized carbons (Fsp3) is 0.444. The van der Waals surface area contributed by atoms with E-state index in [2.05, 4.69) is 5.32 Å². The number of Topliss-reactive ketones (excluding diaryl/α,β-unsaturated/α-hetero) is 1. The number of para-hydroxylation sites is 1. The van der Waals surface area contributed by atoms with Crippen LogP contribution in [0.5, 0.6) is 11.5 Å². The molecule has 0 bridgehead atoms. The maximum atomic E-state index is 13.8. The number of ketones is 1. The summed E-state index contributed by atoms with van der Waals surface area (Å²) >= 11 is 1.38. The highest BCUT2D eigenvalue weighted by Gasteiger charge is 2.30. The fourth-order valence-electron chi connectivity index (χ4n) is 4.45. The number of carbonyl (C=O) groups excluding carboxylic acids is 2. The van der Waals surface area contributed by atoms with Crippen LogP contribution in [-0.4, -0.2) is 73.7 Å². The largest absolute Gasteiger partial charge is 0.490 e. The molecule has 1 aliphatic heterocycles. The van der Waals surface area contributed by atoms with E-state index in [0.29, 0.717) is 40.5 Å². The van der Waals surface area contributed by atoms with E-state index in [0.717, 1.165) is 25.9 Å². The van der Waals surface area contributed by atoms with Crippen LogP contribution in [0.1, 0.15) is 46.8 Å². The van der Waals surface area contributed by atoms with Crippen molar-refractivity contribution < 1.29 is 23.8 Å². The average molecular weight is 512 g/mol. The van der Waals surface area contributed by atoms with Gasteiger partial charge < -0.3 is 24.4 Å². The molecule has 4 rings (SSSR count). The van der Waals surface area contributed by atoms with Gasteiger partial charge >= 0.3 is 0 Å². The summed E-state index contributed by atoms with van der Waals surface area (Å²) in [6, 6.07) is 10.9. The van der Waals surface area contributed by atoms with E-state index in [9.17, 15) is 9.59 Å². The number of amides is 1. The Labute approximate surface area is 215 Å². The van der Waals surface area contributed by atoms with E-state index in [1.807, 2.05) is 42.3 Å². The molecule has 1 N–H and O–H groups in total. The third-order valence-corrected chi connectivity index (χ3v) is 7.05. The molecule has 1 saturated heterocycles. The average Bonchev–Trinajstić information content (AvgIpc) is 3.43. The van der Waals surface area contributed by atoms with Crippen molar-refractivity contribution in [1.82, 2.24) is 15.2 Å². The first-order valence-corrected chi connectivity index (χ1v) is 13.2. The van der Waals surface area contributed by atoms with Crippen LogP contribution in [0.15, 0.2) is 41.8 Å². The number of aromatic nitrogens is 1. The Balaban J connectivity index is 1.70. The molecule has 1 amide bonds. The molecule has 2 aromatic heterocycles. The molecule has 0 aliphatic carbocycles. The summed E-state index contributed by atoms with van der Waals surface area (Å²) in [7, 11) is 1.61. The van der Waals surface area contributed by atoms with Crippen molar-refractivity contribution in [1.29, 1.82) is 0 Å². The summed E-state index contributed by atoms with van der Waals surface area (Å²) in [5.41, 5.74) is 0.773. The maximum absolute atomic E-state index is 13.8. The number of rotatable bonds is 11. The second kappa shape index (κ2) is 12.3. The molecule has 9 heteroatoms. The number of piperidine rings is 1. The van der Waals surface area contributed by atoms with E-state index in [1.165, 1.54) is 11.3 Å². The number of benzene rings is 1. The van der Waals surface area contributed by atoms with Crippen molar-refractivity contribution in [3.8, 4) is 11.5 Å². The van der Waals surface area contributed by atoms with Crippen LogP contribution in [0.3, 0.4) is 0 Å². The second-order valence-corrected chi connectivity index (χ2v) is 9.94. The molecule has 1 aliphatic rings. The smallest absolute Gasteiger partial charge is 0.273 e. The van der Waals surface area contributed by atoms with Crippen molar-refractivity contribution >= 4 is 33.9 Å². The summed E-state index contributed by atoms with van der Waals surface area (Å²) in [4.78, 5) is 33.6. The van der Waals surface area contributed by atoms with Gasteiger partial charge in [0.2, 0.25) is 5.78 Å². The van der Waals surface area contributed by atoms with E-state index < -0.39 is 0 Å². The highest BCUT2D eigenvalue weighted by Crippen LogP contribution is 2.33. The zero-order chi connectivity index (χ0) is 25.5. The Morgan fingerprint density at radius 2 is 2.03 bits per heavy atom. The predicted octanol–water partition coefficient (Wildman–Crippen LogP) is 4.19. The Bertz CT molecular complexity index is 1180. The zero-order valence-corrected chi connectivity index (χ0v) is 21.8. The van der Waals surface area contributed by atoms with Gasteiger partial charge in [0, 0.05) is 37.2 Å². The number of hydrogen-bond donors (Lipinski definition) is 1. The van der Waals surface area contributed by atoms with E-state index in [1.54, 1.807) is 25.3 Å². The lowest BCUT2D eigenvalue weighted by molar-refractivity contribution is 0.0567. The normalized spacial score (nSPS) is 15.7. The third kappa shape index (κ3) is 6.03. The van der Waals surface area contributed by atoms with Crippen LogP contribution in [0.2, 0.25) is 0 Å². The summed E-state index contributed by atoms with van der Waals surface area (Å²) in [5.74, 6) is 0.697. The highest BCUT2D eigenvalue weighted by molar-refractivity contribution is 7.12. The van der Waals surface area contributed by atoms with Gasteiger partial charge in [0.25, 0.3) is 5.91 Å². The molecule has 0 saturated carbocycles. The van der Waals surface area contributed by atoms with E-state index in [-0.39, 0.29) is 36.1 Å². The number of thiophene rings is 1. The first-order valence-electron chi connectivity index (χ1n) is 12.3. The summed E-state index contributed by atoms with van der Waals surface area (Å²) < 4.78 is 17.1. The molecule has 0 spiro atoms. The predicted molar refractivity (Wildman–Crippen MR) is 140 cm³/mol. The zero-order valence-electron chi connectivity index (χ0n) is 21.0. The lowest BCUT2D eigenvalue weighted by atomic mass is 10.0. The van der Waals surface area contributed by atoms with Gasteiger partial charge in [-0.2, -0.15) is 0 Å². The molecular weight excluding hydrogens is 478 g/mol. The van der Waals surface area contributed by atoms with Crippen molar-refractivity contribution in [2.24, 2.45) is 0 Å². The Morgan fingerprint density at radius 3 is 2.72 bits per heavy atom. The van der Waals surface area contributed by atoms with Crippen molar-refractivity contribution in [3.63, 3.8) is 0 Å². The molecule has 3 aromatic rings. The first-order chi connectivity index (χ1) is 17.5. The molecule has 8 nitrogen and oxygen atoms in total. The van der Waals surface area contributed by atoms with Gasteiger partial charge in [0.1, 0.15) is 29.3 Å². The van der Waals surface area contributed by atoms with Crippen molar-refractivity contribution in [3.05, 3.63) is 52.3 Å². The van der Waals surface area contributed by atoms with Crippen LogP contribution in [0.25, 0.3) is 10.9 Å². The Morgan fingerprint density at radius 1 is 1.17 bits per heavy atom. The molecule has 1 fully saturated rings. The van der Waals surface area contributed by atoms with E-state index in [4.69, 9.17) is 19.2 Å². The van der Waals surface area contributed by atoms with E-state index >= 15 is 0 Å². The lowest BCUT2D eigenvalue weighted by Crippen LogP contribution is -2.51. The molecule has 0 radical (unpaired) electrons. The van der Waals surface area contributed by atoms with Crippen molar-refractivity contribution in [2.75, 3.05) is 40.0 Å². The molecule has 1 aromatic carbocycles. The number of ether oxygens (including phenoxy) is 3. The topological polar surface area (TPSA) is 90.0 Å². The Kier molecular flexibility index (Phi) is 8.90. The minimum atomic E-state index is -0.151. The minimum absolute atomic E-state index is 0.00710. The summed E-state index contributed by atoms with van der Waals surface area (Å²) in [6.45, 7) is 6.38.